The molecule has 4 rings (SSSR count). The topological polar surface area (TPSA) is 74.0 Å². The predicted octanol–water partition coefficient (Wildman–Crippen LogP) is 4.02. The van der Waals surface area contributed by atoms with Gasteiger partial charge in [0.05, 0.1) is 0 Å². The fraction of sp³-hybridized carbons (Fsp3) is 0.273. The lowest BCUT2D eigenvalue weighted by molar-refractivity contribution is -0.116. The van der Waals surface area contributed by atoms with Gasteiger partial charge < -0.3 is 15.6 Å². The highest BCUT2D eigenvalue weighted by Gasteiger charge is 2.23. The molecule has 2 amide bonds. The minimum Gasteiger partial charge on any atom is -0.361 e. The number of H-pyrrole nitrogens is 1. The minimum absolute atomic E-state index is 0.00924. The van der Waals surface area contributed by atoms with Crippen LogP contribution in [-0.2, 0) is 11.2 Å². The lowest BCUT2D eigenvalue weighted by Crippen LogP contribution is -2.25. The van der Waals surface area contributed by atoms with Crippen molar-refractivity contribution < 1.29 is 9.59 Å². The summed E-state index contributed by atoms with van der Waals surface area (Å²) in [6.45, 7) is 0. The van der Waals surface area contributed by atoms with Gasteiger partial charge in [0, 0.05) is 40.8 Å². The summed E-state index contributed by atoms with van der Waals surface area (Å²) in [5, 5.41) is 7.08. The van der Waals surface area contributed by atoms with Gasteiger partial charge in [0.1, 0.15) is 0 Å². The second kappa shape index (κ2) is 7.66. The van der Waals surface area contributed by atoms with Gasteiger partial charge in [0.25, 0.3) is 5.91 Å². The summed E-state index contributed by atoms with van der Waals surface area (Å²) >= 11 is 0. The van der Waals surface area contributed by atoms with Gasteiger partial charge in [-0.1, -0.05) is 18.2 Å². The average molecular weight is 361 g/mol. The van der Waals surface area contributed by atoms with E-state index >= 15 is 0 Å². The lowest BCUT2D eigenvalue weighted by atomic mass is 10.1. The van der Waals surface area contributed by atoms with Crippen LogP contribution < -0.4 is 10.6 Å². The zero-order valence-electron chi connectivity index (χ0n) is 15.1. The van der Waals surface area contributed by atoms with Crippen molar-refractivity contribution >= 4 is 28.4 Å². The van der Waals surface area contributed by atoms with E-state index in [2.05, 4.69) is 27.8 Å². The van der Waals surface area contributed by atoms with Crippen molar-refractivity contribution in [2.24, 2.45) is 0 Å². The summed E-state index contributed by atoms with van der Waals surface area (Å²) in [6.07, 6.45) is 6.27. The van der Waals surface area contributed by atoms with Crippen molar-refractivity contribution in [3.63, 3.8) is 0 Å². The maximum absolute atomic E-state index is 12.2. The average Bonchev–Trinajstić information content (AvgIpc) is 3.40. The molecule has 0 spiro atoms. The molecule has 3 aromatic rings. The summed E-state index contributed by atoms with van der Waals surface area (Å²) in [6, 6.07) is 15.6. The van der Waals surface area contributed by atoms with Crippen molar-refractivity contribution in [1.82, 2.24) is 10.3 Å². The Morgan fingerprint density at radius 3 is 2.59 bits per heavy atom. The number of benzene rings is 2. The van der Waals surface area contributed by atoms with Crippen molar-refractivity contribution in [2.75, 3.05) is 5.32 Å². The Bertz CT molecular complexity index is 955. The maximum Gasteiger partial charge on any atom is 0.251 e. The summed E-state index contributed by atoms with van der Waals surface area (Å²) < 4.78 is 0. The van der Waals surface area contributed by atoms with Gasteiger partial charge in [-0.2, -0.15) is 0 Å². The van der Waals surface area contributed by atoms with E-state index in [0.717, 1.165) is 36.9 Å². The Morgan fingerprint density at radius 2 is 1.81 bits per heavy atom. The van der Waals surface area contributed by atoms with Gasteiger partial charge in [-0.15, -0.1) is 0 Å². The Labute approximate surface area is 158 Å². The number of fused-ring (bicyclic) bond motifs is 1. The highest BCUT2D eigenvalue weighted by molar-refractivity contribution is 5.96. The third kappa shape index (κ3) is 4.37. The number of nitrogens with one attached hydrogen (secondary N) is 3. The number of aromatic nitrogens is 1. The molecule has 1 saturated carbocycles. The lowest BCUT2D eigenvalue weighted by Gasteiger charge is -2.07. The van der Waals surface area contributed by atoms with Crippen LogP contribution in [0.3, 0.4) is 0 Å². The first-order chi connectivity index (χ1) is 13.2. The first-order valence-corrected chi connectivity index (χ1v) is 9.45. The monoisotopic (exact) mass is 361 g/mol. The van der Waals surface area contributed by atoms with Crippen molar-refractivity contribution in [3.05, 3.63) is 65.9 Å². The van der Waals surface area contributed by atoms with Gasteiger partial charge >= 0.3 is 0 Å². The SMILES string of the molecule is O=C(CCCc1c[nH]c2ccccc12)Nc1ccc(C(=O)NC2CC2)cc1. The van der Waals surface area contributed by atoms with E-state index in [0.29, 0.717) is 18.0 Å². The van der Waals surface area contributed by atoms with Crippen molar-refractivity contribution in [1.29, 1.82) is 0 Å². The van der Waals surface area contributed by atoms with Crippen LogP contribution in [0.25, 0.3) is 10.9 Å². The number of para-hydroxylation sites is 1. The van der Waals surface area contributed by atoms with Crippen LogP contribution in [0, 0.1) is 0 Å². The van der Waals surface area contributed by atoms with E-state index in [1.807, 2.05) is 18.3 Å². The largest absolute Gasteiger partial charge is 0.361 e. The van der Waals surface area contributed by atoms with Gasteiger partial charge in [0.2, 0.25) is 5.91 Å². The van der Waals surface area contributed by atoms with E-state index in [1.54, 1.807) is 24.3 Å². The number of carbonyl (C=O) groups is 2. The Balaban J connectivity index is 1.26. The molecule has 5 nitrogen and oxygen atoms in total. The molecule has 0 aliphatic heterocycles. The maximum atomic E-state index is 12.2. The highest BCUT2D eigenvalue weighted by Crippen LogP contribution is 2.21. The van der Waals surface area contributed by atoms with Crippen LogP contribution in [-0.4, -0.2) is 22.8 Å². The minimum atomic E-state index is -0.0471. The predicted molar refractivity (Wildman–Crippen MR) is 107 cm³/mol. The molecule has 1 aromatic heterocycles. The molecule has 27 heavy (non-hydrogen) atoms. The number of hydrogen-bond acceptors (Lipinski definition) is 2. The normalized spacial score (nSPS) is 13.5. The third-order valence-corrected chi connectivity index (χ3v) is 4.87. The molecule has 0 saturated heterocycles. The van der Waals surface area contributed by atoms with Crippen molar-refractivity contribution in [2.45, 2.75) is 38.1 Å². The second-order valence-corrected chi connectivity index (χ2v) is 7.09. The van der Waals surface area contributed by atoms with Gasteiger partial charge in [-0.3, -0.25) is 9.59 Å². The van der Waals surface area contributed by atoms with E-state index in [-0.39, 0.29) is 11.8 Å². The fourth-order valence-corrected chi connectivity index (χ4v) is 3.20. The molecule has 0 atom stereocenters. The summed E-state index contributed by atoms with van der Waals surface area (Å²) in [7, 11) is 0. The highest BCUT2D eigenvalue weighted by atomic mass is 16.2. The van der Waals surface area contributed by atoms with Crippen LogP contribution in [0.4, 0.5) is 5.69 Å². The summed E-state index contributed by atoms with van der Waals surface area (Å²) in [5.41, 5.74) is 3.71. The van der Waals surface area contributed by atoms with Crippen molar-refractivity contribution in [3.8, 4) is 0 Å². The van der Waals surface area contributed by atoms with Crippen LogP contribution in [0.1, 0.15) is 41.6 Å². The van der Waals surface area contributed by atoms with Gasteiger partial charge in [0.15, 0.2) is 0 Å². The molecule has 138 valence electrons. The van der Waals surface area contributed by atoms with Crippen LogP contribution in [0.15, 0.2) is 54.7 Å². The molecular weight excluding hydrogens is 338 g/mol. The number of anilines is 1. The molecule has 0 unspecified atom stereocenters. The first kappa shape index (κ1) is 17.3. The van der Waals surface area contributed by atoms with E-state index in [1.165, 1.54) is 10.9 Å². The number of carbonyl (C=O) groups excluding carboxylic acids is 2. The number of aromatic amines is 1. The fourth-order valence-electron chi connectivity index (χ4n) is 3.20. The number of hydrogen-bond donors (Lipinski definition) is 3. The summed E-state index contributed by atoms with van der Waals surface area (Å²) in [5.74, 6) is -0.0564. The zero-order chi connectivity index (χ0) is 18.6. The Morgan fingerprint density at radius 1 is 1.04 bits per heavy atom. The molecular formula is C22H23N3O2. The molecule has 0 bridgehead atoms. The first-order valence-electron chi connectivity index (χ1n) is 9.45. The summed E-state index contributed by atoms with van der Waals surface area (Å²) in [4.78, 5) is 27.4. The Hall–Kier alpha value is -3.08. The second-order valence-electron chi connectivity index (χ2n) is 7.09. The van der Waals surface area contributed by atoms with E-state index < -0.39 is 0 Å². The standard InChI is InChI=1S/C22H23N3O2/c26-21(7-3-4-16-14-23-20-6-2-1-5-19(16)20)24-17-10-8-15(9-11-17)22(27)25-18-12-13-18/h1-2,5-6,8-11,14,18,23H,3-4,7,12-13H2,(H,24,26)(H,25,27). The molecule has 1 aliphatic rings. The third-order valence-electron chi connectivity index (χ3n) is 4.87. The smallest absolute Gasteiger partial charge is 0.251 e. The molecule has 5 heteroatoms. The van der Waals surface area contributed by atoms with Gasteiger partial charge in [-0.05, 0) is 61.6 Å². The molecule has 1 aliphatic carbocycles. The zero-order valence-corrected chi connectivity index (χ0v) is 15.1. The van der Waals surface area contributed by atoms with Crippen LogP contribution in [0.5, 0.6) is 0 Å². The van der Waals surface area contributed by atoms with E-state index in [4.69, 9.17) is 0 Å². The molecule has 0 radical (unpaired) electrons. The van der Waals surface area contributed by atoms with E-state index in [9.17, 15) is 9.59 Å². The molecule has 3 N–H and O–H groups in total. The van der Waals surface area contributed by atoms with Crippen LogP contribution in [0.2, 0.25) is 0 Å². The number of rotatable bonds is 7. The quantitative estimate of drug-likeness (QED) is 0.594. The molecule has 1 fully saturated rings. The number of aryl methyl sites for hydroxylation is 1. The Kier molecular flexibility index (Phi) is 4.92. The van der Waals surface area contributed by atoms with Gasteiger partial charge in [-0.25, -0.2) is 0 Å². The molecule has 1 heterocycles. The molecule has 2 aromatic carbocycles. The number of amides is 2. The van der Waals surface area contributed by atoms with Crippen LogP contribution >= 0.6 is 0 Å².